The Morgan fingerprint density at radius 1 is 1.17 bits per heavy atom. The minimum absolute atomic E-state index is 0.0884. The maximum Gasteiger partial charge on any atom is 0.240 e. The number of nitrogens with zero attached hydrogens (tertiary/aromatic N) is 2. The summed E-state index contributed by atoms with van der Waals surface area (Å²) in [5, 5.41) is 9.28. The molecular formula is C18H26N2O3. The lowest BCUT2D eigenvalue weighted by Crippen LogP contribution is -2.37. The van der Waals surface area contributed by atoms with Crippen molar-refractivity contribution in [2.75, 3.05) is 26.8 Å². The van der Waals surface area contributed by atoms with Crippen LogP contribution in [-0.2, 0) is 4.79 Å². The molecule has 1 amide bonds. The first-order valence-corrected chi connectivity index (χ1v) is 8.11. The molecule has 0 spiro atoms. The van der Waals surface area contributed by atoms with Gasteiger partial charge in [-0.1, -0.05) is 13.8 Å². The summed E-state index contributed by atoms with van der Waals surface area (Å²) >= 11 is 0. The standard InChI is InChI=1S/C18H26N2O3/c1-4-11-20(12-5-2)18(21)15(14-19)10-13-23-17-8-6-16(22-3)7-9-17/h6-9,15H,4-5,10-13H2,1-3H3. The first-order chi connectivity index (χ1) is 11.2. The van der Waals surface area contributed by atoms with E-state index in [0.717, 1.165) is 18.6 Å². The highest BCUT2D eigenvalue weighted by Gasteiger charge is 2.23. The predicted octanol–water partition coefficient (Wildman–Crippen LogP) is 3.25. The summed E-state index contributed by atoms with van der Waals surface area (Å²) in [4.78, 5) is 14.2. The van der Waals surface area contributed by atoms with Gasteiger partial charge in [0.05, 0.1) is 19.8 Å². The van der Waals surface area contributed by atoms with Gasteiger partial charge < -0.3 is 14.4 Å². The van der Waals surface area contributed by atoms with Crippen molar-refractivity contribution < 1.29 is 14.3 Å². The molecule has 126 valence electrons. The number of amides is 1. The van der Waals surface area contributed by atoms with E-state index in [1.165, 1.54) is 0 Å². The summed E-state index contributed by atoms with van der Waals surface area (Å²) in [5.41, 5.74) is 0. The Balaban J connectivity index is 2.51. The second kappa shape index (κ2) is 10.5. The first-order valence-electron chi connectivity index (χ1n) is 8.11. The fourth-order valence-electron chi connectivity index (χ4n) is 2.30. The molecule has 1 rings (SSSR count). The van der Waals surface area contributed by atoms with Gasteiger partial charge in [-0.3, -0.25) is 4.79 Å². The number of methoxy groups -OCH3 is 1. The molecule has 0 bridgehead atoms. The van der Waals surface area contributed by atoms with Crippen LogP contribution in [0.1, 0.15) is 33.1 Å². The second-order valence-corrected chi connectivity index (χ2v) is 5.32. The lowest BCUT2D eigenvalue weighted by molar-refractivity contribution is -0.134. The van der Waals surface area contributed by atoms with Gasteiger partial charge in [0.15, 0.2) is 0 Å². The molecule has 1 atom stereocenters. The van der Waals surface area contributed by atoms with Gasteiger partial charge >= 0.3 is 0 Å². The van der Waals surface area contributed by atoms with Gasteiger partial charge in [0, 0.05) is 19.5 Å². The van der Waals surface area contributed by atoms with Crippen molar-refractivity contribution in [3.05, 3.63) is 24.3 Å². The van der Waals surface area contributed by atoms with E-state index >= 15 is 0 Å². The number of nitriles is 1. The molecule has 0 aliphatic rings. The van der Waals surface area contributed by atoms with Crippen LogP contribution < -0.4 is 9.47 Å². The molecule has 0 aromatic heterocycles. The molecule has 5 nitrogen and oxygen atoms in total. The Labute approximate surface area is 138 Å². The van der Waals surface area contributed by atoms with Gasteiger partial charge in [0.25, 0.3) is 0 Å². The number of hydrogen-bond acceptors (Lipinski definition) is 4. The SMILES string of the molecule is CCCN(CCC)C(=O)C(C#N)CCOc1ccc(OC)cc1. The summed E-state index contributed by atoms with van der Waals surface area (Å²) in [5.74, 6) is 0.729. The zero-order valence-electron chi connectivity index (χ0n) is 14.2. The Morgan fingerprint density at radius 2 is 1.74 bits per heavy atom. The number of hydrogen-bond donors (Lipinski definition) is 0. The molecule has 1 aromatic carbocycles. The maximum absolute atomic E-state index is 12.4. The molecule has 0 saturated carbocycles. The summed E-state index contributed by atoms with van der Waals surface area (Å²) in [6.45, 7) is 5.80. The Morgan fingerprint density at radius 3 is 2.22 bits per heavy atom. The van der Waals surface area contributed by atoms with Crippen molar-refractivity contribution in [1.82, 2.24) is 4.90 Å². The Hall–Kier alpha value is -2.22. The lowest BCUT2D eigenvalue weighted by Gasteiger charge is -2.23. The van der Waals surface area contributed by atoms with E-state index in [1.54, 1.807) is 12.0 Å². The fourth-order valence-corrected chi connectivity index (χ4v) is 2.30. The van der Waals surface area contributed by atoms with Gasteiger partial charge in [0.1, 0.15) is 17.4 Å². The molecule has 0 fully saturated rings. The maximum atomic E-state index is 12.4. The smallest absolute Gasteiger partial charge is 0.240 e. The van der Waals surface area contributed by atoms with Crippen molar-refractivity contribution in [2.24, 2.45) is 5.92 Å². The Bertz CT molecular complexity index is 502. The van der Waals surface area contributed by atoms with E-state index in [2.05, 4.69) is 6.07 Å². The van der Waals surface area contributed by atoms with Gasteiger partial charge in [-0.05, 0) is 37.1 Å². The third kappa shape index (κ3) is 6.19. The van der Waals surface area contributed by atoms with Crippen LogP contribution in [0.2, 0.25) is 0 Å². The van der Waals surface area contributed by atoms with Gasteiger partial charge in [-0.2, -0.15) is 5.26 Å². The molecule has 0 aliphatic heterocycles. The highest BCUT2D eigenvalue weighted by atomic mass is 16.5. The summed E-state index contributed by atoms with van der Waals surface area (Å²) in [7, 11) is 1.61. The largest absolute Gasteiger partial charge is 0.497 e. The highest BCUT2D eigenvalue weighted by Crippen LogP contribution is 2.18. The average molecular weight is 318 g/mol. The molecule has 0 aliphatic carbocycles. The molecular weight excluding hydrogens is 292 g/mol. The number of ether oxygens (including phenoxy) is 2. The normalized spacial score (nSPS) is 11.4. The van der Waals surface area contributed by atoms with Gasteiger partial charge in [-0.25, -0.2) is 0 Å². The first kappa shape index (κ1) is 18.8. The minimum Gasteiger partial charge on any atom is -0.497 e. The Kier molecular flexibility index (Phi) is 8.59. The lowest BCUT2D eigenvalue weighted by atomic mass is 10.1. The van der Waals surface area contributed by atoms with Crippen LogP contribution in [0, 0.1) is 17.2 Å². The average Bonchev–Trinajstić information content (AvgIpc) is 2.58. The van der Waals surface area contributed by atoms with Crippen LogP contribution in [0.15, 0.2) is 24.3 Å². The van der Waals surface area contributed by atoms with Crippen LogP contribution in [0.25, 0.3) is 0 Å². The van der Waals surface area contributed by atoms with E-state index in [-0.39, 0.29) is 5.91 Å². The molecule has 1 aromatic rings. The predicted molar refractivity (Wildman–Crippen MR) is 89.4 cm³/mol. The summed E-state index contributed by atoms with van der Waals surface area (Å²) in [6, 6.07) is 9.35. The molecule has 0 heterocycles. The summed E-state index contributed by atoms with van der Waals surface area (Å²) < 4.78 is 10.7. The second-order valence-electron chi connectivity index (χ2n) is 5.32. The monoisotopic (exact) mass is 318 g/mol. The number of carbonyl (C=O) groups excluding carboxylic acids is 1. The topological polar surface area (TPSA) is 62.6 Å². The zero-order chi connectivity index (χ0) is 17.1. The minimum atomic E-state index is -0.647. The van der Waals surface area contributed by atoms with Crippen molar-refractivity contribution in [2.45, 2.75) is 33.1 Å². The van der Waals surface area contributed by atoms with Crippen LogP contribution in [0.5, 0.6) is 11.5 Å². The third-order valence-electron chi connectivity index (χ3n) is 3.49. The van der Waals surface area contributed by atoms with Crippen molar-refractivity contribution in [1.29, 1.82) is 5.26 Å². The molecule has 0 radical (unpaired) electrons. The van der Waals surface area contributed by atoms with Gasteiger partial charge in [0.2, 0.25) is 5.91 Å². The van der Waals surface area contributed by atoms with E-state index in [4.69, 9.17) is 9.47 Å². The van der Waals surface area contributed by atoms with Crippen LogP contribution in [0.3, 0.4) is 0 Å². The van der Waals surface area contributed by atoms with Crippen molar-refractivity contribution >= 4 is 5.91 Å². The quantitative estimate of drug-likeness (QED) is 0.664. The van der Waals surface area contributed by atoms with E-state index in [1.807, 2.05) is 38.1 Å². The van der Waals surface area contributed by atoms with E-state index < -0.39 is 5.92 Å². The molecule has 1 unspecified atom stereocenters. The zero-order valence-corrected chi connectivity index (χ0v) is 14.2. The van der Waals surface area contributed by atoms with Crippen molar-refractivity contribution in [3.63, 3.8) is 0 Å². The molecule has 0 saturated heterocycles. The molecule has 0 N–H and O–H groups in total. The molecule has 5 heteroatoms. The van der Waals surface area contributed by atoms with Crippen LogP contribution in [-0.4, -0.2) is 37.6 Å². The van der Waals surface area contributed by atoms with Gasteiger partial charge in [-0.15, -0.1) is 0 Å². The number of carbonyl (C=O) groups is 1. The van der Waals surface area contributed by atoms with Crippen LogP contribution >= 0.6 is 0 Å². The van der Waals surface area contributed by atoms with Crippen LogP contribution in [0.4, 0.5) is 0 Å². The molecule has 23 heavy (non-hydrogen) atoms. The van der Waals surface area contributed by atoms with E-state index in [0.29, 0.717) is 31.9 Å². The van der Waals surface area contributed by atoms with Crippen molar-refractivity contribution in [3.8, 4) is 17.6 Å². The number of rotatable bonds is 10. The third-order valence-corrected chi connectivity index (χ3v) is 3.49. The van der Waals surface area contributed by atoms with E-state index in [9.17, 15) is 10.1 Å². The number of benzene rings is 1. The summed E-state index contributed by atoms with van der Waals surface area (Å²) in [6.07, 6.45) is 2.18. The highest BCUT2D eigenvalue weighted by molar-refractivity contribution is 5.81. The fraction of sp³-hybridized carbons (Fsp3) is 0.556.